The molecule has 1 unspecified atom stereocenters. The molecule has 1 aliphatic rings. The Morgan fingerprint density at radius 2 is 2.05 bits per heavy atom. The molecule has 0 bridgehead atoms. The van der Waals surface area contributed by atoms with E-state index in [9.17, 15) is 0 Å². The van der Waals surface area contributed by atoms with E-state index in [1.54, 1.807) is 0 Å². The average molecular weight is 268 g/mol. The third kappa shape index (κ3) is 2.52. The molecule has 1 aromatic heterocycles. The lowest BCUT2D eigenvalue weighted by Crippen LogP contribution is -2.01. The number of benzene rings is 1. The molecule has 0 saturated heterocycles. The van der Waals surface area contributed by atoms with E-state index in [4.69, 9.17) is 4.98 Å². The van der Waals surface area contributed by atoms with E-state index in [0.717, 1.165) is 12.1 Å². The standard InChI is InChI=1S/C18H24N2/c1-4-12(3)14-8-9-16-15(10-14)18(19-5-2)11-17(20-16)13-6-7-13/h8-13H,4-7H2,1-3H3,(H,19,20). The van der Waals surface area contributed by atoms with Crippen molar-refractivity contribution in [1.82, 2.24) is 4.98 Å². The minimum absolute atomic E-state index is 0.608. The molecule has 0 aliphatic heterocycles. The van der Waals surface area contributed by atoms with Crippen molar-refractivity contribution in [1.29, 1.82) is 0 Å². The van der Waals surface area contributed by atoms with Crippen LogP contribution < -0.4 is 5.32 Å². The van der Waals surface area contributed by atoms with Gasteiger partial charge < -0.3 is 5.32 Å². The van der Waals surface area contributed by atoms with Crippen molar-refractivity contribution >= 4 is 16.6 Å². The van der Waals surface area contributed by atoms with E-state index in [1.165, 1.54) is 41.6 Å². The lowest BCUT2D eigenvalue weighted by atomic mass is 9.96. The van der Waals surface area contributed by atoms with Crippen LogP contribution in [-0.4, -0.2) is 11.5 Å². The second kappa shape index (κ2) is 5.43. The summed E-state index contributed by atoms with van der Waals surface area (Å²) in [5.74, 6) is 1.31. The number of hydrogen-bond acceptors (Lipinski definition) is 2. The van der Waals surface area contributed by atoms with Crippen molar-refractivity contribution in [3.8, 4) is 0 Å². The Balaban J connectivity index is 2.11. The molecule has 0 spiro atoms. The minimum atomic E-state index is 0.608. The highest BCUT2D eigenvalue weighted by molar-refractivity contribution is 5.92. The molecule has 1 saturated carbocycles. The highest BCUT2D eigenvalue weighted by Crippen LogP contribution is 2.41. The van der Waals surface area contributed by atoms with Crippen LogP contribution >= 0.6 is 0 Å². The van der Waals surface area contributed by atoms with E-state index in [-0.39, 0.29) is 0 Å². The number of aromatic nitrogens is 1. The van der Waals surface area contributed by atoms with Crippen LogP contribution in [0.15, 0.2) is 24.3 Å². The third-order valence-electron chi connectivity index (χ3n) is 4.40. The van der Waals surface area contributed by atoms with E-state index < -0.39 is 0 Å². The summed E-state index contributed by atoms with van der Waals surface area (Å²) in [5, 5.41) is 4.79. The average Bonchev–Trinajstić information content (AvgIpc) is 3.31. The van der Waals surface area contributed by atoms with Gasteiger partial charge in [-0.1, -0.05) is 19.9 Å². The normalized spacial score (nSPS) is 16.4. The molecule has 1 aliphatic carbocycles. The van der Waals surface area contributed by atoms with Gasteiger partial charge in [0, 0.05) is 29.2 Å². The molecule has 3 rings (SSSR count). The van der Waals surface area contributed by atoms with Crippen molar-refractivity contribution in [2.75, 3.05) is 11.9 Å². The van der Waals surface area contributed by atoms with Crippen molar-refractivity contribution in [2.24, 2.45) is 0 Å². The quantitative estimate of drug-likeness (QED) is 0.820. The lowest BCUT2D eigenvalue weighted by Gasteiger charge is -2.14. The molecule has 0 amide bonds. The van der Waals surface area contributed by atoms with Crippen molar-refractivity contribution in [3.63, 3.8) is 0 Å². The first-order valence-corrected chi connectivity index (χ1v) is 7.91. The van der Waals surface area contributed by atoms with Gasteiger partial charge in [-0.2, -0.15) is 0 Å². The molecule has 1 heterocycles. The Hall–Kier alpha value is -1.57. The van der Waals surface area contributed by atoms with Crippen LogP contribution in [0.3, 0.4) is 0 Å². The number of rotatable bonds is 5. The number of anilines is 1. The molecule has 2 heteroatoms. The zero-order valence-corrected chi connectivity index (χ0v) is 12.7. The fourth-order valence-corrected chi connectivity index (χ4v) is 2.73. The fourth-order valence-electron chi connectivity index (χ4n) is 2.73. The van der Waals surface area contributed by atoms with Gasteiger partial charge in [-0.15, -0.1) is 0 Å². The second-order valence-electron chi connectivity index (χ2n) is 5.99. The molecule has 1 N–H and O–H groups in total. The number of nitrogens with one attached hydrogen (secondary N) is 1. The van der Waals surface area contributed by atoms with Crippen LogP contribution in [0.5, 0.6) is 0 Å². The largest absolute Gasteiger partial charge is 0.385 e. The molecule has 1 atom stereocenters. The highest BCUT2D eigenvalue weighted by Gasteiger charge is 2.26. The number of hydrogen-bond donors (Lipinski definition) is 1. The van der Waals surface area contributed by atoms with Crippen LogP contribution in [0.25, 0.3) is 10.9 Å². The summed E-state index contributed by atoms with van der Waals surface area (Å²) in [7, 11) is 0. The van der Waals surface area contributed by atoms with Gasteiger partial charge in [-0.25, -0.2) is 0 Å². The molecule has 1 aromatic carbocycles. The van der Waals surface area contributed by atoms with Gasteiger partial charge in [-0.05, 0) is 55.9 Å². The molecule has 106 valence electrons. The number of nitrogens with zero attached hydrogens (tertiary/aromatic N) is 1. The maximum Gasteiger partial charge on any atom is 0.0726 e. The van der Waals surface area contributed by atoms with Crippen LogP contribution in [0.2, 0.25) is 0 Å². The fraction of sp³-hybridized carbons (Fsp3) is 0.500. The zero-order valence-electron chi connectivity index (χ0n) is 12.7. The van der Waals surface area contributed by atoms with Crippen molar-refractivity contribution in [3.05, 3.63) is 35.5 Å². The summed E-state index contributed by atoms with van der Waals surface area (Å²) < 4.78 is 0. The summed E-state index contributed by atoms with van der Waals surface area (Å²) in [5.41, 5.74) is 5.08. The first kappa shape index (κ1) is 13.4. The Bertz CT molecular complexity index is 614. The summed E-state index contributed by atoms with van der Waals surface area (Å²) >= 11 is 0. The smallest absolute Gasteiger partial charge is 0.0726 e. The van der Waals surface area contributed by atoms with Gasteiger partial charge in [0.05, 0.1) is 5.52 Å². The SMILES string of the molecule is CCNc1cc(C2CC2)nc2ccc(C(C)CC)cc12. The van der Waals surface area contributed by atoms with Crippen LogP contribution in [0.4, 0.5) is 5.69 Å². The maximum absolute atomic E-state index is 4.87. The Morgan fingerprint density at radius 1 is 1.25 bits per heavy atom. The Kier molecular flexibility index (Phi) is 3.64. The highest BCUT2D eigenvalue weighted by atomic mass is 14.9. The van der Waals surface area contributed by atoms with E-state index >= 15 is 0 Å². The van der Waals surface area contributed by atoms with E-state index in [0.29, 0.717) is 11.8 Å². The minimum Gasteiger partial charge on any atom is -0.385 e. The first-order valence-electron chi connectivity index (χ1n) is 7.91. The Morgan fingerprint density at radius 3 is 2.70 bits per heavy atom. The summed E-state index contributed by atoms with van der Waals surface area (Å²) in [6.45, 7) is 7.65. The van der Waals surface area contributed by atoms with Crippen molar-refractivity contribution in [2.45, 2.75) is 51.9 Å². The summed E-state index contributed by atoms with van der Waals surface area (Å²) in [6.07, 6.45) is 3.78. The molecular formula is C18H24N2. The van der Waals surface area contributed by atoms with Crippen molar-refractivity contribution < 1.29 is 0 Å². The van der Waals surface area contributed by atoms with Crippen LogP contribution in [0, 0.1) is 0 Å². The van der Waals surface area contributed by atoms with Gasteiger partial charge in [0.1, 0.15) is 0 Å². The molecule has 2 nitrogen and oxygen atoms in total. The first-order chi connectivity index (χ1) is 9.72. The predicted octanol–water partition coefficient (Wildman–Crippen LogP) is 5.06. The molecule has 1 fully saturated rings. The van der Waals surface area contributed by atoms with Gasteiger partial charge in [0.25, 0.3) is 0 Å². The van der Waals surface area contributed by atoms with E-state index in [1.807, 2.05) is 0 Å². The topological polar surface area (TPSA) is 24.9 Å². The summed E-state index contributed by atoms with van der Waals surface area (Å²) in [4.78, 5) is 4.87. The second-order valence-corrected chi connectivity index (χ2v) is 5.99. The van der Waals surface area contributed by atoms with E-state index in [2.05, 4.69) is 50.4 Å². The van der Waals surface area contributed by atoms with Gasteiger partial charge >= 0.3 is 0 Å². The predicted molar refractivity (Wildman–Crippen MR) is 86.6 cm³/mol. The number of fused-ring (bicyclic) bond motifs is 1. The van der Waals surface area contributed by atoms with Crippen LogP contribution in [0.1, 0.15) is 63.1 Å². The third-order valence-corrected chi connectivity index (χ3v) is 4.40. The Labute approximate surface area is 121 Å². The van der Waals surface area contributed by atoms with Crippen LogP contribution in [-0.2, 0) is 0 Å². The van der Waals surface area contributed by atoms with Gasteiger partial charge in [0.15, 0.2) is 0 Å². The molecular weight excluding hydrogens is 244 g/mol. The van der Waals surface area contributed by atoms with Gasteiger partial charge in [0.2, 0.25) is 0 Å². The molecule has 20 heavy (non-hydrogen) atoms. The molecule has 2 aromatic rings. The van der Waals surface area contributed by atoms with Gasteiger partial charge in [-0.3, -0.25) is 4.98 Å². The summed E-state index contributed by atoms with van der Waals surface area (Å²) in [6, 6.07) is 9.04. The number of pyridine rings is 1. The molecule has 0 radical (unpaired) electrons. The maximum atomic E-state index is 4.87. The monoisotopic (exact) mass is 268 g/mol. The lowest BCUT2D eigenvalue weighted by molar-refractivity contribution is 0.734. The zero-order chi connectivity index (χ0) is 14.1.